The average molecular weight is 430 g/mol. The maximum absolute atomic E-state index is 12.5. The van der Waals surface area contributed by atoms with E-state index in [4.69, 9.17) is 16.3 Å². The van der Waals surface area contributed by atoms with Crippen molar-refractivity contribution in [1.29, 1.82) is 0 Å². The molecule has 0 atom stereocenters. The van der Waals surface area contributed by atoms with E-state index in [1.807, 2.05) is 24.4 Å². The van der Waals surface area contributed by atoms with E-state index in [0.29, 0.717) is 30.0 Å². The highest BCUT2D eigenvalue weighted by atomic mass is 35.5. The van der Waals surface area contributed by atoms with Gasteiger partial charge in [0.05, 0.1) is 17.2 Å². The van der Waals surface area contributed by atoms with Crippen molar-refractivity contribution in [1.82, 2.24) is 10.3 Å². The van der Waals surface area contributed by atoms with Gasteiger partial charge in [-0.2, -0.15) is 0 Å². The van der Waals surface area contributed by atoms with Gasteiger partial charge >= 0.3 is 0 Å². The first-order valence-electron chi connectivity index (χ1n) is 8.88. The normalized spacial score (nSPS) is 10.6. The van der Waals surface area contributed by atoms with Crippen LogP contribution in [-0.2, 0) is 4.74 Å². The summed E-state index contributed by atoms with van der Waals surface area (Å²) in [6.45, 7) is 2.75. The molecular formula is C21H20ClN3O3S. The van der Waals surface area contributed by atoms with Gasteiger partial charge in [0.2, 0.25) is 0 Å². The van der Waals surface area contributed by atoms with Gasteiger partial charge in [0.15, 0.2) is 0 Å². The molecule has 150 valence electrons. The number of thiazole rings is 1. The van der Waals surface area contributed by atoms with Gasteiger partial charge in [0.1, 0.15) is 5.01 Å². The van der Waals surface area contributed by atoms with E-state index in [2.05, 4.69) is 15.6 Å². The Labute approximate surface area is 177 Å². The number of nitrogens with zero attached hydrogens (tertiary/aromatic N) is 1. The molecule has 2 aromatic carbocycles. The van der Waals surface area contributed by atoms with Gasteiger partial charge in [-0.05, 0) is 37.3 Å². The number of ether oxygens (including phenoxy) is 1. The number of nitrogens with one attached hydrogen (secondary N) is 2. The summed E-state index contributed by atoms with van der Waals surface area (Å²) in [6.07, 6.45) is 0. The zero-order valence-corrected chi connectivity index (χ0v) is 17.6. The molecule has 3 aromatic rings. The summed E-state index contributed by atoms with van der Waals surface area (Å²) >= 11 is 7.77. The van der Waals surface area contributed by atoms with E-state index in [0.717, 1.165) is 16.3 Å². The number of anilines is 1. The van der Waals surface area contributed by atoms with Crippen LogP contribution >= 0.6 is 22.9 Å². The van der Waals surface area contributed by atoms with Gasteiger partial charge in [-0.15, -0.1) is 11.3 Å². The van der Waals surface area contributed by atoms with E-state index in [9.17, 15) is 9.59 Å². The Morgan fingerprint density at radius 2 is 1.90 bits per heavy atom. The molecule has 8 heteroatoms. The number of hydrogen-bond acceptors (Lipinski definition) is 5. The third-order valence-corrected chi connectivity index (χ3v) is 5.40. The second-order valence-corrected chi connectivity index (χ2v) is 7.53. The van der Waals surface area contributed by atoms with Crippen molar-refractivity contribution in [3.05, 3.63) is 69.7 Å². The fourth-order valence-electron chi connectivity index (χ4n) is 2.59. The first kappa shape index (κ1) is 21.0. The van der Waals surface area contributed by atoms with E-state index in [-0.39, 0.29) is 16.8 Å². The summed E-state index contributed by atoms with van der Waals surface area (Å²) in [7, 11) is 1.56. The van der Waals surface area contributed by atoms with Crippen molar-refractivity contribution in [2.45, 2.75) is 6.92 Å². The van der Waals surface area contributed by atoms with Gasteiger partial charge < -0.3 is 15.4 Å². The van der Waals surface area contributed by atoms with Crippen molar-refractivity contribution in [3.8, 4) is 10.6 Å². The predicted octanol–water partition coefficient (Wildman–Crippen LogP) is 4.40. The summed E-state index contributed by atoms with van der Waals surface area (Å²) in [5.41, 5.74) is 3.29. The highest BCUT2D eigenvalue weighted by molar-refractivity contribution is 7.13. The fourth-order valence-corrected chi connectivity index (χ4v) is 3.66. The lowest BCUT2D eigenvalue weighted by Crippen LogP contribution is -2.27. The Balaban J connectivity index is 1.65. The molecule has 1 heterocycles. The summed E-state index contributed by atoms with van der Waals surface area (Å²) in [4.78, 5) is 29.1. The molecule has 0 unspecified atom stereocenters. The Morgan fingerprint density at radius 1 is 1.14 bits per heavy atom. The highest BCUT2D eigenvalue weighted by Gasteiger charge is 2.13. The lowest BCUT2D eigenvalue weighted by Gasteiger charge is -2.10. The number of rotatable bonds is 7. The molecule has 2 N–H and O–H groups in total. The van der Waals surface area contributed by atoms with Crippen LogP contribution in [0.2, 0.25) is 5.02 Å². The van der Waals surface area contributed by atoms with Gasteiger partial charge in [0.25, 0.3) is 11.8 Å². The quantitative estimate of drug-likeness (QED) is 0.545. The predicted molar refractivity (Wildman–Crippen MR) is 116 cm³/mol. The molecule has 0 spiro atoms. The second-order valence-electron chi connectivity index (χ2n) is 6.27. The average Bonchev–Trinajstić information content (AvgIpc) is 3.14. The molecule has 0 saturated heterocycles. The molecule has 0 fully saturated rings. The maximum Gasteiger partial charge on any atom is 0.255 e. The van der Waals surface area contributed by atoms with Crippen molar-refractivity contribution >= 4 is 40.4 Å². The monoisotopic (exact) mass is 429 g/mol. The number of amides is 2. The van der Waals surface area contributed by atoms with E-state index in [1.165, 1.54) is 0 Å². The standard InChI is InChI=1S/C21H20ClN3O3S/c1-13-12-29-21(24-13)15-5-3-14(4-6-15)19(26)25-16-7-8-17(18(22)11-16)20(27)23-9-10-28-2/h3-8,11-12H,9-10H2,1-2H3,(H,23,27)(H,25,26). The minimum Gasteiger partial charge on any atom is -0.383 e. The number of hydrogen-bond donors (Lipinski definition) is 2. The number of aromatic nitrogens is 1. The van der Waals surface area contributed by atoms with E-state index in [1.54, 1.807) is 48.8 Å². The lowest BCUT2D eigenvalue weighted by atomic mass is 10.1. The first-order valence-corrected chi connectivity index (χ1v) is 10.1. The Hall–Kier alpha value is -2.74. The first-order chi connectivity index (χ1) is 14.0. The smallest absolute Gasteiger partial charge is 0.255 e. The van der Waals surface area contributed by atoms with Gasteiger partial charge in [0, 0.05) is 41.5 Å². The third kappa shape index (κ3) is 5.41. The van der Waals surface area contributed by atoms with Crippen molar-refractivity contribution in [2.24, 2.45) is 0 Å². The second kappa shape index (κ2) is 9.65. The minimum atomic E-state index is -0.294. The Morgan fingerprint density at radius 3 is 2.52 bits per heavy atom. The molecule has 0 aliphatic heterocycles. The molecule has 0 saturated carbocycles. The summed E-state index contributed by atoms with van der Waals surface area (Å²) in [6, 6.07) is 12.0. The molecule has 0 aliphatic carbocycles. The van der Waals surface area contributed by atoms with Crippen LogP contribution in [0, 0.1) is 6.92 Å². The van der Waals surface area contributed by atoms with Crippen LogP contribution in [0.25, 0.3) is 10.6 Å². The molecule has 2 amide bonds. The molecule has 0 bridgehead atoms. The summed E-state index contributed by atoms with van der Waals surface area (Å²) < 4.78 is 4.90. The number of benzene rings is 2. The molecule has 1 aromatic heterocycles. The number of carbonyl (C=O) groups excluding carboxylic acids is 2. The van der Waals surface area contributed by atoms with Crippen molar-refractivity contribution in [2.75, 3.05) is 25.6 Å². The third-order valence-electron chi connectivity index (χ3n) is 4.08. The van der Waals surface area contributed by atoms with Gasteiger partial charge in [-0.25, -0.2) is 4.98 Å². The van der Waals surface area contributed by atoms with Crippen molar-refractivity contribution < 1.29 is 14.3 Å². The Bertz CT molecular complexity index is 1020. The summed E-state index contributed by atoms with van der Waals surface area (Å²) in [5, 5.41) is 8.66. The zero-order valence-electron chi connectivity index (χ0n) is 16.0. The van der Waals surface area contributed by atoms with Crippen LogP contribution < -0.4 is 10.6 Å². The molecule has 29 heavy (non-hydrogen) atoms. The minimum absolute atomic E-state index is 0.257. The SMILES string of the molecule is COCCNC(=O)c1ccc(NC(=O)c2ccc(-c3nc(C)cs3)cc2)cc1Cl. The van der Waals surface area contributed by atoms with Crippen LogP contribution in [0.5, 0.6) is 0 Å². The number of halogens is 1. The Kier molecular flexibility index (Phi) is 6.98. The molecule has 3 rings (SSSR count). The van der Waals surface area contributed by atoms with E-state index < -0.39 is 0 Å². The highest BCUT2D eigenvalue weighted by Crippen LogP contribution is 2.25. The fraction of sp³-hybridized carbons (Fsp3) is 0.190. The van der Waals surface area contributed by atoms with Crippen LogP contribution in [-0.4, -0.2) is 37.1 Å². The molecule has 0 radical (unpaired) electrons. The zero-order chi connectivity index (χ0) is 20.8. The topological polar surface area (TPSA) is 80.3 Å². The van der Waals surface area contributed by atoms with Crippen LogP contribution in [0.4, 0.5) is 5.69 Å². The van der Waals surface area contributed by atoms with Crippen LogP contribution in [0.1, 0.15) is 26.4 Å². The summed E-state index contributed by atoms with van der Waals surface area (Å²) in [5.74, 6) is -0.557. The van der Waals surface area contributed by atoms with E-state index >= 15 is 0 Å². The molecule has 6 nitrogen and oxygen atoms in total. The maximum atomic E-state index is 12.5. The van der Waals surface area contributed by atoms with Crippen LogP contribution in [0.3, 0.4) is 0 Å². The van der Waals surface area contributed by atoms with Gasteiger partial charge in [-0.3, -0.25) is 9.59 Å². The largest absolute Gasteiger partial charge is 0.383 e. The molecule has 0 aliphatic rings. The lowest BCUT2D eigenvalue weighted by molar-refractivity contribution is 0.0937. The number of carbonyl (C=O) groups is 2. The van der Waals surface area contributed by atoms with Gasteiger partial charge in [-0.1, -0.05) is 23.7 Å². The number of aryl methyl sites for hydroxylation is 1. The van der Waals surface area contributed by atoms with Crippen molar-refractivity contribution in [3.63, 3.8) is 0 Å². The van der Waals surface area contributed by atoms with Crippen LogP contribution in [0.15, 0.2) is 47.8 Å². The number of methoxy groups -OCH3 is 1. The molecular weight excluding hydrogens is 410 g/mol.